The minimum atomic E-state index is -0.453. The van der Waals surface area contributed by atoms with Crippen LogP contribution in [-0.2, 0) is 4.79 Å². The molecule has 4 nitrogen and oxygen atoms in total. The first-order valence-electron chi connectivity index (χ1n) is 6.43. The number of carbonyl (C=O) groups is 2. The van der Waals surface area contributed by atoms with E-state index in [0.717, 1.165) is 12.8 Å². The van der Waals surface area contributed by atoms with Crippen LogP contribution in [0.4, 0.5) is 0 Å². The highest BCUT2D eigenvalue weighted by atomic mass is 35.5. The molecule has 0 aliphatic rings. The van der Waals surface area contributed by atoms with Crippen molar-refractivity contribution in [1.82, 2.24) is 4.90 Å². The zero-order chi connectivity index (χ0) is 15.1. The Morgan fingerprint density at radius 2 is 1.95 bits per heavy atom. The van der Waals surface area contributed by atoms with Gasteiger partial charge in [-0.1, -0.05) is 36.5 Å². The quantitative estimate of drug-likeness (QED) is 0.750. The van der Waals surface area contributed by atoms with Crippen LogP contribution in [0.3, 0.4) is 0 Å². The van der Waals surface area contributed by atoms with Gasteiger partial charge in [-0.3, -0.25) is 14.5 Å². The van der Waals surface area contributed by atoms with Crippen LogP contribution in [0.2, 0.25) is 10.0 Å². The molecule has 0 atom stereocenters. The number of nitrogens with zero attached hydrogens (tertiary/aromatic N) is 1. The van der Waals surface area contributed by atoms with Gasteiger partial charge in [0.25, 0.3) is 0 Å². The number of benzene rings is 1. The average Bonchev–Trinajstić information content (AvgIpc) is 2.38. The van der Waals surface area contributed by atoms with E-state index >= 15 is 0 Å². The Bertz CT molecular complexity index is 492. The zero-order valence-corrected chi connectivity index (χ0v) is 12.9. The van der Waals surface area contributed by atoms with E-state index < -0.39 is 5.91 Å². The molecule has 0 saturated carbocycles. The van der Waals surface area contributed by atoms with Gasteiger partial charge in [0.15, 0.2) is 5.78 Å². The SMILES string of the molecule is CCCCN(CC(N)=O)CC(=O)c1cc(Cl)ccc1Cl. The van der Waals surface area contributed by atoms with Crippen molar-refractivity contribution in [2.45, 2.75) is 19.8 Å². The lowest BCUT2D eigenvalue weighted by atomic mass is 10.1. The number of hydrogen-bond acceptors (Lipinski definition) is 3. The molecule has 0 aliphatic carbocycles. The normalized spacial score (nSPS) is 10.8. The largest absolute Gasteiger partial charge is 0.369 e. The van der Waals surface area contributed by atoms with Gasteiger partial charge in [-0.15, -0.1) is 0 Å². The number of unbranched alkanes of at least 4 members (excludes halogenated alkanes) is 1. The van der Waals surface area contributed by atoms with Crippen LogP contribution in [0.1, 0.15) is 30.1 Å². The molecular formula is C14H18Cl2N2O2. The molecule has 0 heterocycles. The molecule has 2 N–H and O–H groups in total. The van der Waals surface area contributed by atoms with E-state index in [0.29, 0.717) is 22.2 Å². The molecule has 1 rings (SSSR count). The predicted octanol–water partition coefficient (Wildman–Crippen LogP) is 2.76. The first-order chi connectivity index (χ1) is 9.43. The van der Waals surface area contributed by atoms with Crippen molar-refractivity contribution in [3.8, 4) is 0 Å². The molecule has 0 saturated heterocycles. The molecule has 110 valence electrons. The number of rotatable bonds is 8. The first-order valence-corrected chi connectivity index (χ1v) is 7.18. The molecule has 6 heteroatoms. The van der Waals surface area contributed by atoms with Gasteiger partial charge in [-0.25, -0.2) is 0 Å². The summed E-state index contributed by atoms with van der Waals surface area (Å²) < 4.78 is 0. The Labute approximate surface area is 128 Å². The van der Waals surface area contributed by atoms with E-state index in [-0.39, 0.29) is 18.9 Å². The third-order valence-electron chi connectivity index (χ3n) is 2.80. The highest BCUT2D eigenvalue weighted by Crippen LogP contribution is 2.21. The zero-order valence-electron chi connectivity index (χ0n) is 11.4. The van der Waals surface area contributed by atoms with Crippen LogP contribution in [0.25, 0.3) is 0 Å². The smallest absolute Gasteiger partial charge is 0.231 e. The number of hydrogen-bond donors (Lipinski definition) is 1. The van der Waals surface area contributed by atoms with Crippen molar-refractivity contribution in [3.05, 3.63) is 33.8 Å². The highest BCUT2D eigenvalue weighted by molar-refractivity contribution is 6.36. The summed E-state index contributed by atoms with van der Waals surface area (Å²) in [6.45, 7) is 2.84. The fourth-order valence-electron chi connectivity index (χ4n) is 1.82. The molecule has 0 aliphatic heterocycles. The lowest BCUT2D eigenvalue weighted by Gasteiger charge is -2.19. The number of Topliss-reactive ketones (excluding diaryl/α,β-unsaturated/α-hetero) is 1. The van der Waals surface area contributed by atoms with Crippen molar-refractivity contribution >= 4 is 34.9 Å². The summed E-state index contributed by atoms with van der Waals surface area (Å²) in [6, 6.07) is 4.75. The molecule has 0 unspecified atom stereocenters. The highest BCUT2D eigenvalue weighted by Gasteiger charge is 2.16. The standard InChI is InChI=1S/C14H18Cl2N2O2/c1-2-3-6-18(9-14(17)20)8-13(19)11-7-10(15)4-5-12(11)16/h4-5,7H,2-3,6,8-9H2,1H3,(H2,17,20). The molecule has 1 aromatic carbocycles. The summed E-state index contributed by atoms with van der Waals surface area (Å²) in [5.74, 6) is -0.624. The minimum Gasteiger partial charge on any atom is -0.369 e. The Hall–Kier alpha value is -1.10. The molecule has 1 aromatic rings. The van der Waals surface area contributed by atoms with Gasteiger partial charge in [0.2, 0.25) is 5.91 Å². The van der Waals surface area contributed by atoms with Gasteiger partial charge < -0.3 is 5.73 Å². The van der Waals surface area contributed by atoms with Gasteiger partial charge in [0.05, 0.1) is 18.1 Å². The molecule has 0 aromatic heterocycles. The van der Waals surface area contributed by atoms with E-state index in [2.05, 4.69) is 0 Å². The fraction of sp³-hybridized carbons (Fsp3) is 0.429. The Morgan fingerprint density at radius 1 is 1.25 bits per heavy atom. The second-order valence-electron chi connectivity index (χ2n) is 4.58. The monoisotopic (exact) mass is 316 g/mol. The Morgan fingerprint density at radius 3 is 2.55 bits per heavy atom. The Kier molecular flexibility index (Phi) is 6.99. The van der Waals surface area contributed by atoms with Crippen LogP contribution in [0.15, 0.2) is 18.2 Å². The van der Waals surface area contributed by atoms with Crippen molar-refractivity contribution in [2.75, 3.05) is 19.6 Å². The number of primary amides is 1. The molecule has 0 spiro atoms. The maximum Gasteiger partial charge on any atom is 0.231 e. The van der Waals surface area contributed by atoms with E-state index in [4.69, 9.17) is 28.9 Å². The maximum atomic E-state index is 12.2. The fourth-order valence-corrected chi connectivity index (χ4v) is 2.21. The third kappa shape index (κ3) is 5.49. The number of nitrogens with two attached hydrogens (primary N) is 1. The molecule has 1 amide bonds. The Balaban J connectivity index is 2.78. The molecule has 0 fully saturated rings. The molecule has 0 radical (unpaired) electrons. The summed E-state index contributed by atoms with van der Waals surface area (Å²) >= 11 is 11.9. The van der Waals surface area contributed by atoms with E-state index in [9.17, 15) is 9.59 Å². The van der Waals surface area contributed by atoms with Crippen molar-refractivity contribution < 1.29 is 9.59 Å². The minimum absolute atomic E-state index is 0.0594. The van der Waals surface area contributed by atoms with Crippen LogP contribution in [0.5, 0.6) is 0 Å². The summed E-state index contributed by atoms with van der Waals surface area (Å²) in [4.78, 5) is 25.0. The lowest BCUT2D eigenvalue weighted by Crippen LogP contribution is -2.38. The van der Waals surface area contributed by atoms with Gasteiger partial charge in [0, 0.05) is 10.6 Å². The van der Waals surface area contributed by atoms with Crippen LogP contribution in [0, 0.1) is 0 Å². The van der Waals surface area contributed by atoms with Crippen molar-refractivity contribution in [1.29, 1.82) is 0 Å². The van der Waals surface area contributed by atoms with Crippen LogP contribution in [-0.4, -0.2) is 36.2 Å². The van der Waals surface area contributed by atoms with Crippen molar-refractivity contribution in [2.24, 2.45) is 5.73 Å². The first kappa shape index (κ1) is 17.0. The summed E-state index contributed by atoms with van der Waals surface area (Å²) in [5.41, 5.74) is 5.56. The molecule has 20 heavy (non-hydrogen) atoms. The van der Waals surface area contributed by atoms with E-state index in [1.54, 1.807) is 17.0 Å². The van der Waals surface area contributed by atoms with E-state index in [1.807, 2.05) is 6.92 Å². The molecular weight excluding hydrogens is 299 g/mol. The van der Waals surface area contributed by atoms with E-state index in [1.165, 1.54) is 6.07 Å². The van der Waals surface area contributed by atoms with Gasteiger partial charge in [-0.05, 0) is 31.2 Å². The second kappa shape index (κ2) is 8.25. The average molecular weight is 317 g/mol. The predicted molar refractivity (Wildman–Crippen MR) is 81.3 cm³/mol. The number of halogens is 2. The van der Waals surface area contributed by atoms with Gasteiger partial charge in [-0.2, -0.15) is 0 Å². The summed E-state index contributed by atoms with van der Waals surface area (Å²) in [6.07, 6.45) is 1.87. The second-order valence-corrected chi connectivity index (χ2v) is 5.42. The van der Waals surface area contributed by atoms with Gasteiger partial charge >= 0.3 is 0 Å². The molecule has 0 bridgehead atoms. The van der Waals surface area contributed by atoms with Crippen LogP contribution < -0.4 is 5.73 Å². The van der Waals surface area contributed by atoms with Crippen LogP contribution >= 0.6 is 23.2 Å². The topological polar surface area (TPSA) is 63.4 Å². The van der Waals surface area contributed by atoms with Crippen molar-refractivity contribution in [3.63, 3.8) is 0 Å². The number of carbonyl (C=O) groups excluding carboxylic acids is 2. The third-order valence-corrected chi connectivity index (χ3v) is 3.37. The van der Waals surface area contributed by atoms with Gasteiger partial charge in [0.1, 0.15) is 0 Å². The lowest BCUT2D eigenvalue weighted by molar-refractivity contribution is -0.119. The number of amides is 1. The maximum absolute atomic E-state index is 12.2. The number of ketones is 1. The summed E-state index contributed by atoms with van der Waals surface area (Å²) in [7, 11) is 0. The summed E-state index contributed by atoms with van der Waals surface area (Å²) in [5, 5.41) is 0.807.